The van der Waals surface area contributed by atoms with E-state index in [4.69, 9.17) is 4.74 Å². The minimum atomic E-state index is -0.148. The van der Waals surface area contributed by atoms with Gasteiger partial charge in [-0.15, -0.1) is 5.10 Å². The van der Waals surface area contributed by atoms with Gasteiger partial charge in [0, 0.05) is 27.8 Å². The molecule has 156 valence electrons. The van der Waals surface area contributed by atoms with Crippen molar-refractivity contribution < 1.29 is 19.1 Å². The van der Waals surface area contributed by atoms with Gasteiger partial charge in [0.05, 0.1) is 12.7 Å². The van der Waals surface area contributed by atoms with E-state index in [0.29, 0.717) is 45.8 Å². The van der Waals surface area contributed by atoms with Crippen LogP contribution in [0, 0.1) is 0 Å². The second-order valence-electron chi connectivity index (χ2n) is 7.47. The maximum absolute atomic E-state index is 12.9. The van der Waals surface area contributed by atoms with Crippen LogP contribution in [0.15, 0.2) is 72.9 Å². The number of aldehydes is 1. The minimum Gasteiger partial charge on any atom is -0.487 e. The zero-order valence-corrected chi connectivity index (χ0v) is 16.9. The van der Waals surface area contributed by atoms with Crippen LogP contribution in [0.5, 0.6) is 5.75 Å². The Morgan fingerprint density at radius 3 is 2.25 bits per heavy atom. The molecule has 0 saturated carbocycles. The van der Waals surface area contributed by atoms with Gasteiger partial charge in [-0.2, -0.15) is 0 Å². The molecule has 0 N–H and O–H groups in total. The summed E-state index contributed by atoms with van der Waals surface area (Å²) in [6.07, 6.45) is 2.54. The van der Waals surface area contributed by atoms with Crippen molar-refractivity contribution in [3.8, 4) is 5.75 Å². The van der Waals surface area contributed by atoms with Gasteiger partial charge in [-0.3, -0.25) is 14.4 Å². The smallest absolute Gasteiger partial charge is 0.194 e. The molecule has 7 heteroatoms. The lowest BCUT2D eigenvalue weighted by molar-refractivity contribution is 0.0979. The summed E-state index contributed by atoms with van der Waals surface area (Å²) in [6, 6.07) is 19.0. The van der Waals surface area contributed by atoms with Crippen LogP contribution in [0.2, 0.25) is 0 Å². The largest absolute Gasteiger partial charge is 0.487 e. The highest BCUT2D eigenvalue weighted by atomic mass is 16.5. The molecule has 1 aromatic heterocycles. The first-order valence-electron chi connectivity index (χ1n) is 10.0. The van der Waals surface area contributed by atoms with Crippen molar-refractivity contribution in [3.63, 3.8) is 0 Å². The number of ketones is 2. The second kappa shape index (κ2) is 8.03. The monoisotopic (exact) mass is 423 g/mol. The van der Waals surface area contributed by atoms with E-state index in [1.54, 1.807) is 71.5 Å². The van der Waals surface area contributed by atoms with Crippen molar-refractivity contribution in [2.24, 2.45) is 0 Å². The first-order chi connectivity index (χ1) is 15.6. The summed E-state index contributed by atoms with van der Waals surface area (Å²) in [5, 5.41) is 8.24. The van der Waals surface area contributed by atoms with Crippen LogP contribution < -0.4 is 4.74 Å². The van der Waals surface area contributed by atoms with Crippen molar-refractivity contribution in [3.05, 3.63) is 112 Å². The maximum Gasteiger partial charge on any atom is 0.194 e. The molecule has 3 aromatic carbocycles. The third-order valence-electron chi connectivity index (χ3n) is 5.32. The first kappa shape index (κ1) is 19.6. The van der Waals surface area contributed by atoms with E-state index in [2.05, 4.69) is 10.3 Å². The lowest BCUT2D eigenvalue weighted by atomic mass is 9.83. The number of nitrogens with zero attached hydrogens (tertiary/aromatic N) is 3. The number of fused-ring (bicyclic) bond motifs is 2. The van der Waals surface area contributed by atoms with Crippen molar-refractivity contribution >= 4 is 17.9 Å². The molecule has 1 heterocycles. The van der Waals surface area contributed by atoms with Gasteiger partial charge in [-0.25, -0.2) is 4.68 Å². The number of aromatic nitrogens is 3. The lowest BCUT2D eigenvalue weighted by Gasteiger charge is -2.18. The summed E-state index contributed by atoms with van der Waals surface area (Å²) < 4.78 is 7.33. The fourth-order valence-corrected chi connectivity index (χ4v) is 3.71. The number of rotatable bonds is 6. The fraction of sp³-hybridized carbons (Fsp3) is 0.0800. The molecule has 4 aromatic rings. The maximum atomic E-state index is 12.9. The highest BCUT2D eigenvalue weighted by Gasteiger charge is 2.29. The summed E-state index contributed by atoms with van der Waals surface area (Å²) in [5.41, 5.74) is 3.77. The Hall–Kier alpha value is -4.39. The van der Waals surface area contributed by atoms with Crippen LogP contribution in [0.1, 0.15) is 53.5 Å². The molecule has 0 atom stereocenters. The third kappa shape index (κ3) is 3.60. The van der Waals surface area contributed by atoms with Gasteiger partial charge in [0.2, 0.25) is 0 Å². The SMILES string of the molecule is O=Cc1ccc(OCc2cn(Cc3ccc4c(c3)C(=O)c3ccccc3C4=O)nn2)cc1. The molecular weight excluding hydrogens is 406 g/mol. The molecule has 0 bridgehead atoms. The standard InChI is InChI=1S/C25H17N3O4/c29-14-16-5-8-19(9-6-16)32-15-18-13-28(27-26-18)12-17-7-10-22-23(11-17)25(31)21-4-2-1-3-20(21)24(22)30/h1-11,13-14H,12,15H2. The first-order valence-corrected chi connectivity index (χ1v) is 10.0. The van der Waals surface area contributed by atoms with E-state index >= 15 is 0 Å². The molecule has 0 fully saturated rings. The van der Waals surface area contributed by atoms with Crippen LogP contribution in [0.3, 0.4) is 0 Å². The highest BCUT2D eigenvalue weighted by Crippen LogP contribution is 2.28. The molecule has 0 radical (unpaired) electrons. The van der Waals surface area contributed by atoms with Gasteiger partial charge in [0.15, 0.2) is 11.6 Å². The predicted octanol–water partition coefficient (Wildman–Crippen LogP) is 3.49. The normalized spacial score (nSPS) is 12.2. The number of hydrogen-bond donors (Lipinski definition) is 0. The minimum absolute atomic E-state index is 0.136. The molecule has 0 spiro atoms. The molecule has 32 heavy (non-hydrogen) atoms. The summed E-state index contributed by atoms with van der Waals surface area (Å²) >= 11 is 0. The van der Waals surface area contributed by atoms with E-state index in [1.807, 2.05) is 6.07 Å². The van der Waals surface area contributed by atoms with Crippen molar-refractivity contribution in [1.29, 1.82) is 0 Å². The molecule has 1 aliphatic carbocycles. The van der Waals surface area contributed by atoms with E-state index in [0.717, 1.165) is 11.8 Å². The highest BCUT2D eigenvalue weighted by molar-refractivity contribution is 6.28. The molecule has 0 amide bonds. The quantitative estimate of drug-likeness (QED) is 0.388. The van der Waals surface area contributed by atoms with Crippen LogP contribution in [0.25, 0.3) is 0 Å². The number of carbonyl (C=O) groups excluding carboxylic acids is 3. The topological polar surface area (TPSA) is 91.2 Å². The Bertz CT molecular complexity index is 1360. The summed E-state index contributed by atoms with van der Waals surface area (Å²) in [7, 11) is 0. The van der Waals surface area contributed by atoms with Gasteiger partial charge in [-0.05, 0) is 42.0 Å². The fourth-order valence-electron chi connectivity index (χ4n) is 3.71. The van der Waals surface area contributed by atoms with Gasteiger partial charge in [-0.1, -0.05) is 35.5 Å². The molecular formula is C25H17N3O4. The number of ether oxygens (including phenoxy) is 1. The molecule has 0 unspecified atom stereocenters. The number of benzene rings is 3. The molecule has 0 saturated heterocycles. The molecule has 0 aliphatic heterocycles. The van der Waals surface area contributed by atoms with E-state index in [-0.39, 0.29) is 18.2 Å². The van der Waals surface area contributed by atoms with Gasteiger partial charge < -0.3 is 4.74 Å². The zero-order chi connectivity index (χ0) is 22.1. The average Bonchev–Trinajstić information content (AvgIpc) is 3.28. The van der Waals surface area contributed by atoms with E-state index in [1.165, 1.54) is 0 Å². The van der Waals surface area contributed by atoms with Crippen LogP contribution in [-0.2, 0) is 13.2 Å². The van der Waals surface area contributed by atoms with Crippen molar-refractivity contribution in [2.45, 2.75) is 13.2 Å². The number of carbonyl (C=O) groups is 3. The van der Waals surface area contributed by atoms with Gasteiger partial charge in [0.25, 0.3) is 0 Å². The predicted molar refractivity (Wildman–Crippen MR) is 115 cm³/mol. The molecule has 1 aliphatic rings. The van der Waals surface area contributed by atoms with Crippen molar-refractivity contribution in [2.75, 3.05) is 0 Å². The Morgan fingerprint density at radius 2 is 1.53 bits per heavy atom. The van der Waals surface area contributed by atoms with E-state index in [9.17, 15) is 14.4 Å². The van der Waals surface area contributed by atoms with Gasteiger partial charge in [0.1, 0.15) is 24.3 Å². The Labute approximate surface area is 183 Å². The second-order valence-corrected chi connectivity index (χ2v) is 7.47. The lowest BCUT2D eigenvalue weighted by Crippen LogP contribution is -2.21. The van der Waals surface area contributed by atoms with Crippen LogP contribution in [-0.4, -0.2) is 32.8 Å². The Kier molecular flexibility index (Phi) is 4.91. The van der Waals surface area contributed by atoms with Crippen LogP contribution >= 0.6 is 0 Å². The van der Waals surface area contributed by atoms with Crippen LogP contribution in [0.4, 0.5) is 0 Å². The molecule has 5 rings (SSSR count). The summed E-state index contributed by atoms with van der Waals surface area (Å²) in [6.45, 7) is 0.631. The average molecular weight is 423 g/mol. The summed E-state index contributed by atoms with van der Waals surface area (Å²) in [5.74, 6) is 0.344. The third-order valence-corrected chi connectivity index (χ3v) is 5.32. The Morgan fingerprint density at radius 1 is 0.844 bits per heavy atom. The summed E-state index contributed by atoms with van der Waals surface area (Å²) in [4.78, 5) is 36.4. The zero-order valence-electron chi connectivity index (χ0n) is 16.9. The van der Waals surface area contributed by atoms with Crippen molar-refractivity contribution in [1.82, 2.24) is 15.0 Å². The Balaban J connectivity index is 1.30. The van der Waals surface area contributed by atoms with Gasteiger partial charge >= 0.3 is 0 Å². The molecule has 7 nitrogen and oxygen atoms in total. The van der Waals surface area contributed by atoms with E-state index < -0.39 is 0 Å². The number of hydrogen-bond acceptors (Lipinski definition) is 6.